The molecule has 1 aromatic rings. The molecule has 0 aliphatic carbocycles. The lowest BCUT2D eigenvalue weighted by molar-refractivity contribution is 0.217. The summed E-state index contributed by atoms with van der Waals surface area (Å²) in [6, 6.07) is 3.73. The van der Waals surface area contributed by atoms with Gasteiger partial charge in [-0.2, -0.15) is 0 Å². The Hall–Kier alpha value is -0.970. The smallest absolute Gasteiger partial charge is 0.179 e. The van der Waals surface area contributed by atoms with Crippen LogP contribution in [0.1, 0.15) is 5.56 Å². The van der Waals surface area contributed by atoms with Crippen LogP contribution in [0.3, 0.4) is 0 Å². The summed E-state index contributed by atoms with van der Waals surface area (Å²) in [4.78, 5) is 1.98. The molecule has 0 atom stereocenters. The zero-order valence-electron chi connectivity index (χ0n) is 10.4. The van der Waals surface area contributed by atoms with Gasteiger partial charge in [0.15, 0.2) is 11.5 Å². The van der Waals surface area contributed by atoms with Gasteiger partial charge in [0, 0.05) is 13.1 Å². The number of hydrogen-bond acceptors (Lipinski definition) is 4. The predicted octanol–water partition coefficient (Wildman–Crippen LogP) is 1.78. The summed E-state index contributed by atoms with van der Waals surface area (Å²) in [5.74, 6) is 1.16. The summed E-state index contributed by atoms with van der Waals surface area (Å²) in [5, 5.41) is 9.40. The zero-order valence-corrected chi connectivity index (χ0v) is 11.1. The third-order valence-corrected chi connectivity index (χ3v) is 2.90. The zero-order chi connectivity index (χ0) is 12.8. The molecule has 0 aliphatic heterocycles. The molecule has 1 N–H and O–H groups in total. The van der Waals surface area contributed by atoms with E-state index in [0.717, 1.165) is 5.56 Å². The largest absolute Gasteiger partial charge is 0.493 e. The maximum atomic E-state index is 8.85. The van der Waals surface area contributed by atoms with E-state index in [1.807, 2.05) is 24.1 Å². The third kappa shape index (κ3) is 3.49. The molecule has 0 saturated carbocycles. The van der Waals surface area contributed by atoms with Crippen molar-refractivity contribution in [2.24, 2.45) is 0 Å². The molecule has 17 heavy (non-hydrogen) atoms. The molecule has 1 rings (SSSR count). The number of nitrogens with zero attached hydrogens (tertiary/aromatic N) is 1. The van der Waals surface area contributed by atoms with Crippen LogP contribution < -0.4 is 9.47 Å². The number of benzene rings is 1. The highest BCUT2D eigenvalue weighted by Gasteiger charge is 2.13. The van der Waals surface area contributed by atoms with Crippen LogP contribution in [0.4, 0.5) is 0 Å². The Kier molecular flexibility index (Phi) is 5.55. The van der Waals surface area contributed by atoms with Crippen LogP contribution in [0.5, 0.6) is 11.5 Å². The maximum absolute atomic E-state index is 8.85. The minimum Gasteiger partial charge on any atom is -0.493 e. The molecular weight excluding hydrogens is 242 g/mol. The lowest BCUT2D eigenvalue weighted by Gasteiger charge is -2.18. The fourth-order valence-electron chi connectivity index (χ4n) is 1.59. The second-order valence-electron chi connectivity index (χ2n) is 3.74. The quantitative estimate of drug-likeness (QED) is 0.846. The lowest BCUT2D eigenvalue weighted by atomic mass is 10.2. The van der Waals surface area contributed by atoms with Gasteiger partial charge in [-0.25, -0.2) is 0 Å². The monoisotopic (exact) mass is 259 g/mol. The van der Waals surface area contributed by atoms with E-state index < -0.39 is 0 Å². The highest BCUT2D eigenvalue weighted by atomic mass is 35.5. The molecule has 4 nitrogen and oxygen atoms in total. The van der Waals surface area contributed by atoms with Gasteiger partial charge >= 0.3 is 0 Å². The van der Waals surface area contributed by atoms with E-state index in [1.165, 1.54) is 0 Å². The van der Waals surface area contributed by atoms with E-state index in [1.54, 1.807) is 14.2 Å². The van der Waals surface area contributed by atoms with Crippen molar-refractivity contribution in [2.75, 3.05) is 34.4 Å². The molecule has 0 radical (unpaired) electrons. The molecule has 0 aliphatic rings. The molecule has 0 unspecified atom stereocenters. The number of rotatable bonds is 6. The Bertz CT molecular complexity index is 371. The fourth-order valence-corrected chi connectivity index (χ4v) is 1.89. The number of methoxy groups -OCH3 is 2. The van der Waals surface area contributed by atoms with Crippen molar-refractivity contribution in [2.45, 2.75) is 6.54 Å². The minimum atomic E-state index is 0.126. The first kappa shape index (κ1) is 14.1. The highest BCUT2D eigenvalue weighted by molar-refractivity contribution is 6.33. The molecule has 0 saturated heterocycles. The molecule has 0 aromatic heterocycles. The van der Waals surface area contributed by atoms with Crippen LogP contribution in [-0.2, 0) is 6.54 Å². The van der Waals surface area contributed by atoms with Crippen molar-refractivity contribution in [3.8, 4) is 11.5 Å². The highest BCUT2D eigenvalue weighted by Crippen LogP contribution is 2.37. The van der Waals surface area contributed by atoms with Crippen molar-refractivity contribution in [3.05, 3.63) is 22.7 Å². The number of aliphatic hydroxyl groups is 1. The van der Waals surface area contributed by atoms with Gasteiger partial charge in [0.1, 0.15) is 0 Å². The van der Waals surface area contributed by atoms with E-state index in [0.29, 0.717) is 29.6 Å². The summed E-state index contributed by atoms with van der Waals surface area (Å²) < 4.78 is 10.4. The van der Waals surface area contributed by atoms with Crippen LogP contribution >= 0.6 is 11.6 Å². The summed E-state index contributed by atoms with van der Waals surface area (Å²) in [6.07, 6.45) is 0. The topological polar surface area (TPSA) is 41.9 Å². The number of halogens is 1. The van der Waals surface area contributed by atoms with Crippen LogP contribution in [0.15, 0.2) is 12.1 Å². The van der Waals surface area contributed by atoms with E-state index >= 15 is 0 Å². The predicted molar refractivity (Wildman–Crippen MR) is 68.0 cm³/mol. The Labute approximate surface area is 107 Å². The Morgan fingerprint density at radius 1 is 1.29 bits per heavy atom. The average molecular weight is 260 g/mol. The van der Waals surface area contributed by atoms with E-state index in [9.17, 15) is 0 Å². The number of ether oxygens (including phenoxy) is 2. The summed E-state index contributed by atoms with van der Waals surface area (Å²) in [6.45, 7) is 1.38. The van der Waals surface area contributed by atoms with Gasteiger partial charge in [0.05, 0.1) is 25.8 Å². The maximum Gasteiger partial charge on any atom is 0.179 e. The van der Waals surface area contributed by atoms with Gasteiger partial charge in [0.2, 0.25) is 0 Å². The van der Waals surface area contributed by atoms with Gasteiger partial charge < -0.3 is 14.6 Å². The molecule has 0 fully saturated rings. The Balaban J connectivity index is 2.94. The minimum absolute atomic E-state index is 0.126. The van der Waals surface area contributed by atoms with Crippen LogP contribution in [-0.4, -0.2) is 44.4 Å². The van der Waals surface area contributed by atoms with Crippen LogP contribution in [0.25, 0.3) is 0 Å². The molecule has 0 heterocycles. The van der Waals surface area contributed by atoms with Crippen LogP contribution in [0.2, 0.25) is 5.02 Å². The SMILES string of the molecule is COc1ccc(CN(C)CCO)c(Cl)c1OC. The number of aliphatic hydroxyl groups excluding tert-OH is 1. The number of hydrogen-bond donors (Lipinski definition) is 1. The number of likely N-dealkylation sites (N-methyl/N-ethyl adjacent to an activating group) is 1. The molecule has 1 aromatic carbocycles. The van der Waals surface area contributed by atoms with Gasteiger partial charge in [-0.05, 0) is 18.7 Å². The van der Waals surface area contributed by atoms with E-state index in [-0.39, 0.29) is 6.61 Å². The third-order valence-electron chi connectivity index (χ3n) is 2.49. The normalized spacial score (nSPS) is 10.7. The van der Waals surface area contributed by atoms with Crippen molar-refractivity contribution >= 4 is 11.6 Å². The van der Waals surface area contributed by atoms with Gasteiger partial charge in [-0.15, -0.1) is 0 Å². The molecule has 0 spiro atoms. The van der Waals surface area contributed by atoms with Gasteiger partial charge in [-0.1, -0.05) is 17.7 Å². The Morgan fingerprint density at radius 3 is 2.53 bits per heavy atom. The summed E-state index contributed by atoms with van der Waals surface area (Å²) >= 11 is 6.24. The van der Waals surface area contributed by atoms with Crippen molar-refractivity contribution in [1.29, 1.82) is 0 Å². The first-order valence-corrected chi connectivity index (χ1v) is 5.70. The summed E-state index contributed by atoms with van der Waals surface area (Å²) in [7, 11) is 5.06. The standard InChI is InChI=1S/C12H18ClNO3/c1-14(6-7-15)8-9-4-5-10(16-2)12(17-3)11(9)13/h4-5,15H,6-8H2,1-3H3. The van der Waals surface area contributed by atoms with E-state index in [2.05, 4.69) is 0 Å². The molecule has 96 valence electrons. The second-order valence-corrected chi connectivity index (χ2v) is 4.11. The van der Waals surface area contributed by atoms with Crippen molar-refractivity contribution in [1.82, 2.24) is 4.90 Å². The van der Waals surface area contributed by atoms with Gasteiger partial charge in [0.25, 0.3) is 0 Å². The fraction of sp³-hybridized carbons (Fsp3) is 0.500. The van der Waals surface area contributed by atoms with E-state index in [4.69, 9.17) is 26.2 Å². The second kappa shape index (κ2) is 6.69. The first-order valence-electron chi connectivity index (χ1n) is 5.32. The van der Waals surface area contributed by atoms with Gasteiger partial charge in [-0.3, -0.25) is 4.90 Å². The lowest BCUT2D eigenvalue weighted by Crippen LogP contribution is -2.21. The average Bonchev–Trinajstić information content (AvgIpc) is 2.31. The van der Waals surface area contributed by atoms with Crippen molar-refractivity contribution < 1.29 is 14.6 Å². The van der Waals surface area contributed by atoms with Crippen LogP contribution in [0, 0.1) is 0 Å². The molecular formula is C12H18ClNO3. The molecule has 0 bridgehead atoms. The van der Waals surface area contributed by atoms with Crippen molar-refractivity contribution in [3.63, 3.8) is 0 Å². The summed E-state index contributed by atoms with van der Waals surface area (Å²) in [5.41, 5.74) is 0.945. The first-order chi connectivity index (χ1) is 8.13. The molecule has 0 amide bonds. The Morgan fingerprint density at radius 2 is 2.00 bits per heavy atom. The molecule has 5 heteroatoms.